The van der Waals surface area contributed by atoms with Gasteiger partial charge in [-0.15, -0.1) is 0 Å². The summed E-state index contributed by atoms with van der Waals surface area (Å²) in [5.41, 5.74) is 0.735. The van der Waals surface area contributed by atoms with E-state index in [1.165, 1.54) is 0 Å². The van der Waals surface area contributed by atoms with Crippen molar-refractivity contribution in [2.24, 2.45) is 0 Å². The zero-order valence-electron chi connectivity index (χ0n) is 10.3. The Morgan fingerprint density at radius 1 is 1.41 bits per heavy atom. The van der Waals surface area contributed by atoms with Gasteiger partial charge in [0.05, 0.1) is 0 Å². The first-order chi connectivity index (χ1) is 8.15. The lowest BCUT2D eigenvalue weighted by atomic mass is 10.2. The van der Waals surface area contributed by atoms with E-state index in [0.717, 1.165) is 12.0 Å². The number of aromatic hydroxyl groups is 1. The predicted octanol–water partition coefficient (Wildman–Crippen LogP) is 1.78. The molecule has 0 heterocycles. The lowest BCUT2D eigenvalue weighted by Gasteiger charge is -2.17. The van der Waals surface area contributed by atoms with E-state index in [1.54, 1.807) is 30.1 Å². The summed E-state index contributed by atoms with van der Waals surface area (Å²) in [6.07, 6.45) is 0.899. The third-order valence-electron chi connectivity index (χ3n) is 2.40. The van der Waals surface area contributed by atoms with Crippen LogP contribution >= 0.6 is 0 Å². The number of hydrogen-bond acceptors (Lipinski definition) is 3. The highest BCUT2D eigenvalue weighted by molar-refractivity contribution is 5.77. The Kier molecular flexibility index (Phi) is 5.49. The first kappa shape index (κ1) is 13.5. The molecule has 0 fully saturated rings. The standard InChI is InChI=1S/C13H19NO3/c1-3-8-17-10-13(16)14(2)9-11-6-4-5-7-12(11)15/h4-7,15H,3,8-10H2,1-2H3. The van der Waals surface area contributed by atoms with E-state index >= 15 is 0 Å². The second-order valence-corrected chi connectivity index (χ2v) is 3.93. The van der Waals surface area contributed by atoms with Gasteiger partial charge in [-0.3, -0.25) is 4.79 Å². The molecule has 0 atom stereocenters. The fourth-order valence-electron chi connectivity index (χ4n) is 1.40. The second kappa shape index (κ2) is 6.91. The van der Waals surface area contributed by atoms with Crippen LogP contribution in [0.5, 0.6) is 5.75 Å². The molecule has 1 amide bonds. The molecule has 0 aliphatic rings. The van der Waals surface area contributed by atoms with E-state index in [2.05, 4.69) is 0 Å². The zero-order chi connectivity index (χ0) is 12.7. The minimum Gasteiger partial charge on any atom is -0.508 e. The number of carbonyl (C=O) groups is 1. The maximum atomic E-state index is 11.7. The number of likely N-dealkylation sites (N-methyl/N-ethyl adjacent to an activating group) is 1. The number of rotatable bonds is 6. The zero-order valence-corrected chi connectivity index (χ0v) is 10.3. The van der Waals surface area contributed by atoms with Gasteiger partial charge in [-0.2, -0.15) is 0 Å². The van der Waals surface area contributed by atoms with Crippen LogP contribution in [0.3, 0.4) is 0 Å². The number of hydrogen-bond donors (Lipinski definition) is 1. The molecule has 0 aromatic heterocycles. The lowest BCUT2D eigenvalue weighted by Crippen LogP contribution is -2.30. The molecule has 0 unspecified atom stereocenters. The molecular formula is C13H19NO3. The van der Waals surface area contributed by atoms with Gasteiger partial charge in [0.15, 0.2) is 0 Å². The lowest BCUT2D eigenvalue weighted by molar-refractivity contribution is -0.135. The second-order valence-electron chi connectivity index (χ2n) is 3.93. The number of benzene rings is 1. The Labute approximate surface area is 102 Å². The van der Waals surface area contributed by atoms with E-state index in [4.69, 9.17) is 4.74 Å². The molecule has 4 heteroatoms. The highest BCUT2D eigenvalue weighted by atomic mass is 16.5. The molecule has 4 nitrogen and oxygen atoms in total. The Morgan fingerprint density at radius 2 is 2.12 bits per heavy atom. The largest absolute Gasteiger partial charge is 0.508 e. The molecule has 94 valence electrons. The number of ether oxygens (including phenoxy) is 1. The van der Waals surface area contributed by atoms with Crippen molar-refractivity contribution >= 4 is 5.91 Å². The summed E-state index contributed by atoms with van der Waals surface area (Å²) in [6.45, 7) is 3.07. The van der Waals surface area contributed by atoms with Crippen LogP contribution in [0.4, 0.5) is 0 Å². The molecule has 1 aromatic carbocycles. The number of carbonyl (C=O) groups excluding carboxylic acids is 1. The van der Waals surface area contributed by atoms with Crippen LogP contribution < -0.4 is 0 Å². The van der Waals surface area contributed by atoms with Crippen LogP contribution in [0.2, 0.25) is 0 Å². The number of phenolic OH excluding ortho intramolecular Hbond substituents is 1. The van der Waals surface area contributed by atoms with Gasteiger partial charge in [-0.1, -0.05) is 25.1 Å². The van der Waals surface area contributed by atoms with Crippen molar-refractivity contribution in [3.05, 3.63) is 29.8 Å². The molecule has 17 heavy (non-hydrogen) atoms. The molecule has 0 bridgehead atoms. The topological polar surface area (TPSA) is 49.8 Å². The Hall–Kier alpha value is -1.55. The number of para-hydroxylation sites is 1. The van der Waals surface area contributed by atoms with Gasteiger partial charge >= 0.3 is 0 Å². The molecule has 0 aliphatic heterocycles. The third-order valence-corrected chi connectivity index (χ3v) is 2.40. The Bertz CT molecular complexity index is 365. The molecule has 0 saturated carbocycles. The van der Waals surface area contributed by atoms with Crippen molar-refractivity contribution < 1.29 is 14.6 Å². The molecule has 0 radical (unpaired) electrons. The van der Waals surface area contributed by atoms with Crippen LogP contribution in [0.15, 0.2) is 24.3 Å². The SMILES string of the molecule is CCCOCC(=O)N(C)Cc1ccccc1O. The van der Waals surface area contributed by atoms with Gasteiger partial charge in [0.1, 0.15) is 12.4 Å². The van der Waals surface area contributed by atoms with Crippen molar-refractivity contribution in [1.82, 2.24) is 4.90 Å². The van der Waals surface area contributed by atoms with Gasteiger partial charge in [-0.25, -0.2) is 0 Å². The van der Waals surface area contributed by atoms with E-state index < -0.39 is 0 Å². The number of phenols is 1. The minimum absolute atomic E-state index is 0.0818. The van der Waals surface area contributed by atoms with Gasteiger partial charge in [-0.05, 0) is 12.5 Å². The van der Waals surface area contributed by atoms with E-state index in [9.17, 15) is 9.90 Å². The molecule has 0 aliphatic carbocycles. The Balaban J connectivity index is 2.46. The van der Waals surface area contributed by atoms with Crippen LogP contribution in [-0.4, -0.2) is 36.2 Å². The van der Waals surface area contributed by atoms with Gasteiger partial charge < -0.3 is 14.7 Å². The summed E-state index contributed by atoms with van der Waals surface area (Å²) in [5.74, 6) is 0.128. The van der Waals surface area contributed by atoms with Crippen molar-refractivity contribution in [3.8, 4) is 5.75 Å². The monoisotopic (exact) mass is 237 g/mol. The summed E-state index contributed by atoms with van der Waals surface area (Å²) >= 11 is 0. The summed E-state index contributed by atoms with van der Waals surface area (Å²) in [7, 11) is 1.70. The van der Waals surface area contributed by atoms with Gasteiger partial charge in [0.2, 0.25) is 5.91 Å². The van der Waals surface area contributed by atoms with E-state index in [1.807, 2.05) is 13.0 Å². The molecule has 1 N–H and O–H groups in total. The molecule has 0 spiro atoms. The Morgan fingerprint density at radius 3 is 2.76 bits per heavy atom. The number of nitrogens with zero attached hydrogens (tertiary/aromatic N) is 1. The highest BCUT2D eigenvalue weighted by Crippen LogP contribution is 2.16. The maximum absolute atomic E-state index is 11.7. The molecule has 1 aromatic rings. The van der Waals surface area contributed by atoms with Crippen molar-refractivity contribution in [3.63, 3.8) is 0 Å². The number of amides is 1. The average Bonchev–Trinajstić information content (AvgIpc) is 2.32. The van der Waals surface area contributed by atoms with Crippen LogP contribution in [0, 0.1) is 0 Å². The minimum atomic E-state index is -0.0818. The third kappa shape index (κ3) is 4.44. The first-order valence-electron chi connectivity index (χ1n) is 5.73. The summed E-state index contributed by atoms with van der Waals surface area (Å²) in [5, 5.41) is 9.59. The van der Waals surface area contributed by atoms with Crippen molar-refractivity contribution in [2.45, 2.75) is 19.9 Å². The predicted molar refractivity (Wildman–Crippen MR) is 65.7 cm³/mol. The smallest absolute Gasteiger partial charge is 0.248 e. The summed E-state index contributed by atoms with van der Waals surface area (Å²) < 4.78 is 5.18. The van der Waals surface area contributed by atoms with Gasteiger partial charge in [0.25, 0.3) is 0 Å². The average molecular weight is 237 g/mol. The van der Waals surface area contributed by atoms with Crippen LogP contribution in [0.25, 0.3) is 0 Å². The van der Waals surface area contributed by atoms with Crippen molar-refractivity contribution in [2.75, 3.05) is 20.3 Å². The summed E-state index contributed by atoms with van der Waals surface area (Å²) in [4.78, 5) is 13.2. The first-order valence-corrected chi connectivity index (χ1v) is 5.73. The van der Waals surface area contributed by atoms with Crippen LogP contribution in [0.1, 0.15) is 18.9 Å². The van der Waals surface area contributed by atoms with Crippen molar-refractivity contribution in [1.29, 1.82) is 0 Å². The normalized spacial score (nSPS) is 10.2. The van der Waals surface area contributed by atoms with Crippen LogP contribution in [-0.2, 0) is 16.1 Å². The summed E-state index contributed by atoms with van der Waals surface area (Å²) in [6, 6.07) is 7.00. The molecule has 0 saturated heterocycles. The van der Waals surface area contributed by atoms with Gasteiger partial charge in [0, 0.05) is 25.8 Å². The highest BCUT2D eigenvalue weighted by Gasteiger charge is 2.10. The van der Waals surface area contributed by atoms with E-state index in [-0.39, 0.29) is 18.3 Å². The quantitative estimate of drug-likeness (QED) is 0.767. The molecule has 1 rings (SSSR count). The fourth-order valence-corrected chi connectivity index (χ4v) is 1.40. The fraction of sp³-hybridized carbons (Fsp3) is 0.462. The molecular weight excluding hydrogens is 218 g/mol. The van der Waals surface area contributed by atoms with E-state index in [0.29, 0.717) is 13.2 Å². The maximum Gasteiger partial charge on any atom is 0.248 e.